The third-order valence-corrected chi connectivity index (χ3v) is 6.64. The molecule has 0 saturated heterocycles. The fourth-order valence-electron chi connectivity index (χ4n) is 5.45. The molecule has 1 heteroatoms. The Balaban J connectivity index is 2.06. The molecule has 1 heterocycles. The normalized spacial score (nSPS) is 20.2. The van der Waals surface area contributed by atoms with E-state index in [0.29, 0.717) is 5.92 Å². The zero-order valence-electron chi connectivity index (χ0n) is 15.4. The summed E-state index contributed by atoms with van der Waals surface area (Å²) in [7, 11) is 2.19. The Kier molecular flexibility index (Phi) is 2.87. The van der Waals surface area contributed by atoms with Crippen LogP contribution in [0.2, 0.25) is 0 Å². The molecule has 124 valence electrons. The van der Waals surface area contributed by atoms with Crippen LogP contribution in [-0.4, -0.2) is 0 Å². The highest BCUT2D eigenvalue weighted by Crippen LogP contribution is 2.64. The van der Waals surface area contributed by atoms with E-state index >= 15 is 0 Å². The van der Waals surface area contributed by atoms with Crippen molar-refractivity contribution in [2.45, 2.75) is 32.6 Å². The second-order valence-electron chi connectivity index (χ2n) is 7.72. The minimum atomic E-state index is -0.00359. The maximum atomic E-state index is 2.43. The van der Waals surface area contributed by atoms with Gasteiger partial charge in [-0.3, -0.25) is 0 Å². The van der Waals surface area contributed by atoms with Gasteiger partial charge in [0.05, 0.1) is 11.0 Å². The number of aryl methyl sites for hydroxylation is 2. The quantitative estimate of drug-likeness (QED) is 0.573. The highest BCUT2D eigenvalue weighted by molar-refractivity contribution is 5.96. The Morgan fingerprint density at radius 1 is 0.960 bits per heavy atom. The number of aromatic nitrogens is 1. The molecule has 0 spiro atoms. The molecule has 0 radical (unpaired) electrons. The van der Waals surface area contributed by atoms with Crippen molar-refractivity contribution in [3.63, 3.8) is 0 Å². The molecule has 0 fully saturated rings. The molecule has 25 heavy (non-hydrogen) atoms. The second-order valence-corrected chi connectivity index (χ2v) is 7.72. The first kappa shape index (κ1) is 14.9. The van der Waals surface area contributed by atoms with Crippen LogP contribution >= 0.6 is 0 Å². The third kappa shape index (κ3) is 1.53. The number of hydrogen-bond acceptors (Lipinski definition) is 0. The predicted molar refractivity (Wildman–Crippen MR) is 103 cm³/mol. The van der Waals surface area contributed by atoms with Crippen LogP contribution in [0.15, 0.2) is 54.7 Å². The summed E-state index contributed by atoms with van der Waals surface area (Å²) in [6.07, 6.45) is 3.36. The van der Waals surface area contributed by atoms with E-state index in [0.717, 1.165) is 0 Å². The van der Waals surface area contributed by atoms with Gasteiger partial charge in [-0.05, 0) is 46.7 Å². The Morgan fingerprint density at radius 3 is 2.52 bits per heavy atom. The van der Waals surface area contributed by atoms with E-state index < -0.39 is 0 Å². The van der Waals surface area contributed by atoms with Gasteiger partial charge in [-0.2, -0.15) is 0 Å². The average molecular weight is 326 g/mol. The second kappa shape index (κ2) is 4.82. The molecule has 0 bridgehead atoms. The summed E-state index contributed by atoms with van der Waals surface area (Å²) in [4.78, 5) is 0. The van der Waals surface area contributed by atoms with Crippen molar-refractivity contribution in [1.29, 1.82) is 0 Å². The fraction of sp³-hybridized carbons (Fsp3) is 0.292. The summed E-state index contributed by atoms with van der Waals surface area (Å²) < 4.78 is 2.32. The van der Waals surface area contributed by atoms with Crippen LogP contribution in [0.4, 0.5) is 0 Å². The van der Waals surface area contributed by atoms with E-state index in [1.54, 1.807) is 5.56 Å². The van der Waals surface area contributed by atoms with E-state index in [2.05, 4.69) is 87.1 Å². The fourth-order valence-corrected chi connectivity index (χ4v) is 5.45. The highest BCUT2D eigenvalue weighted by Gasteiger charge is 2.56. The maximum absolute atomic E-state index is 2.43. The Bertz CT molecular complexity index is 1030. The van der Waals surface area contributed by atoms with Gasteiger partial charge < -0.3 is 0 Å². The predicted octanol–water partition coefficient (Wildman–Crippen LogP) is 5.16. The molecule has 0 amide bonds. The smallest absolute Gasteiger partial charge is 0.201 e. The number of rotatable bonds is 2. The molecular formula is C24H24N+. The molecule has 3 aromatic rings. The van der Waals surface area contributed by atoms with E-state index in [9.17, 15) is 0 Å². The molecular weight excluding hydrogens is 302 g/mol. The standard InChI is InChI=1S/C24H24N/c1-5-16(3)24-19-10-7-6-9-17(19)18-13-12-15(2)21(22(18)24)23-20(24)11-8-14-25(23)4/h6-14,16H,5H2,1-4H3/q+1. The first-order valence-electron chi connectivity index (χ1n) is 9.35. The van der Waals surface area contributed by atoms with E-state index in [-0.39, 0.29) is 5.41 Å². The van der Waals surface area contributed by atoms with Crippen molar-refractivity contribution in [2.24, 2.45) is 13.0 Å². The monoisotopic (exact) mass is 326 g/mol. The van der Waals surface area contributed by atoms with Gasteiger partial charge >= 0.3 is 0 Å². The summed E-state index contributed by atoms with van der Waals surface area (Å²) in [6.45, 7) is 7.03. The number of fused-ring (bicyclic) bond motifs is 6. The molecule has 2 unspecified atom stereocenters. The van der Waals surface area contributed by atoms with Crippen molar-refractivity contribution < 1.29 is 4.57 Å². The SMILES string of the molecule is CCC(C)C12c3ccccc3-c3ccc(C)c(c31)-c1c2ccc[n+]1C. The molecule has 1 nitrogen and oxygen atoms in total. The first-order valence-corrected chi connectivity index (χ1v) is 9.35. The van der Waals surface area contributed by atoms with Crippen LogP contribution in [0.5, 0.6) is 0 Å². The van der Waals surface area contributed by atoms with Crippen LogP contribution in [-0.2, 0) is 12.5 Å². The molecule has 5 rings (SSSR count). The lowest BCUT2D eigenvalue weighted by molar-refractivity contribution is -0.660. The Labute approximate surface area is 150 Å². The van der Waals surface area contributed by atoms with Gasteiger partial charge in [0.2, 0.25) is 5.69 Å². The van der Waals surface area contributed by atoms with Crippen LogP contribution in [0.3, 0.4) is 0 Å². The summed E-state index contributed by atoms with van der Waals surface area (Å²) in [5, 5.41) is 0. The van der Waals surface area contributed by atoms with Gasteiger partial charge in [0, 0.05) is 11.6 Å². The maximum Gasteiger partial charge on any atom is 0.217 e. The van der Waals surface area contributed by atoms with Crippen molar-refractivity contribution in [3.05, 3.63) is 77.0 Å². The van der Waals surface area contributed by atoms with Crippen molar-refractivity contribution in [3.8, 4) is 22.4 Å². The van der Waals surface area contributed by atoms with Gasteiger partial charge in [-0.25, -0.2) is 4.57 Å². The molecule has 0 aliphatic heterocycles. The molecule has 2 aliphatic rings. The van der Waals surface area contributed by atoms with E-state index in [1.165, 1.54) is 45.5 Å². The number of pyridine rings is 1. The number of hydrogen-bond donors (Lipinski definition) is 0. The lowest BCUT2D eigenvalue weighted by atomic mass is 9.66. The molecule has 2 aliphatic carbocycles. The van der Waals surface area contributed by atoms with Gasteiger partial charge in [0.25, 0.3) is 0 Å². The molecule has 1 aromatic heterocycles. The summed E-state index contributed by atoms with van der Waals surface area (Å²) in [5.41, 5.74) is 11.7. The van der Waals surface area contributed by atoms with Crippen molar-refractivity contribution in [1.82, 2.24) is 0 Å². The molecule has 2 atom stereocenters. The minimum Gasteiger partial charge on any atom is -0.201 e. The van der Waals surface area contributed by atoms with Crippen LogP contribution in [0.1, 0.15) is 42.5 Å². The number of benzene rings is 2. The lowest BCUT2D eigenvalue weighted by Crippen LogP contribution is -2.36. The first-order chi connectivity index (χ1) is 12.1. The van der Waals surface area contributed by atoms with Crippen LogP contribution < -0.4 is 4.57 Å². The molecule has 0 N–H and O–H groups in total. The van der Waals surface area contributed by atoms with Crippen LogP contribution in [0, 0.1) is 12.8 Å². The minimum absolute atomic E-state index is 0.00359. The zero-order valence-corrected chi connectivity index (χ0v) is 15.4. The van der Waals surface area contributed by atoms with E-state index in [1.807, 2.05) is 0 Å². The summed E-state index contributed by atoms with van der Waals surface area (Å²) in [6, 6.07) is 18.3. The topological polar surface area (TPSA) is 3.88 Å². The van der Waals surface area contributed by atoms with Gasteiger partial charge in [-0.1, -0.05) is 56.7 Å². The summed E-state index contributed by atoms with van der Waals surface area (Å²) in [5.74, 6) is 0.555. The highest BCUT2D eigenvalue weighted by atomic mass is 14.9. The van der Waals surface area contributed by atoms with Crippen molar-refractivity contribution in [2.75, 3.05) is 0 Å². The van der Waals surface area contributed by atoms with Crippen LogP contribution in [0.25, 0.3) is 22.4 Å². The van der Waals surface area contributed by atoms with Gasteiger partial charge in [0.1, 0.15) is 7.05 Å². The van der Waals surface area contributed by atoms with Gasteiger partial charge in [-0.15, -0.1) is 0 Å². The molecule has 0 saturated carbocycles. The molecule has 2 aromatic carbocycles. The summed E-state index contributed by atoms with van der Waals surface area (Å²) >= 11 is 0. The number of nitrogens with zero attached hydrogens (tertiary/aromatic N) is 1. The van der Waals surface area contributed by atoms with E-state index in [4.69, 9.17) is 0 Å². The lowest BCUT2D eigenvalue weighted by Gasteiger charge is -2.34. The zero-order chi connectivity index (χ0) is 17.3. The average Bonchev–Trinajstić information content (AvgIpc) is 3.11. The Hall–Kier alpha value is -2.41. The Morgan fingerprint density at radius 2 is 1.72 bits per heavy atom. The third-order valence-electron chi connectivity index (χ3n) is 6.64. The van der Waals surface area contributed by atoms with Crippen molar-refractivity contribution >= 4 is 0 Å². The van der Waals surface area contributed by atoms with Gasteiger partial charge in [0.15, 0.2) is 6.20 Å². The largest absolute Gasteiger partial charge is 0.217 e.